The maximum absolute atomic E-state index is 12.1. The summed E-state index contributed by atoms with van der Waals surface area (Å²) in [4.78, 5) is 12.1. The highest BCUT2D eigenvalue weighted by Crippen LogP contribution is 2.37. The van der Waals surface area contributed by atoms with E-state index >= 15 is 0 Å². The molecule has 0 saturated heterocycles. The maximum atomic E-state index is 12.1. The summed E-state index contributed by atoms with van der Waals surface area (Å²) in [5.74, 6) is 0.440. The summed E-state index contributed by atoms with van der Waals surface area (Å²) in [5, 5.41) is 1.30. The van der Waals surface area contributed by atoms with Gasteiger partial charge in [0, 0.05) is 18.0 Å². The Morgan fingerprint density at radius 1 is 1.32 bits per heavy atom. The van der Waals surface area contributed by atoms with Crippen LogP contribution in [-0.4, -0.2) is 24.5 Å². The number of hydrogen-bond donors (Lipinski definition) is 0. The van der Waals surface area contributed by atoms with Crippen LogP contribution in [0.15, 0.2) is 18.2 Å². The van der Waals surface area contributed by atoms with E-state index in [2.05, 4.69) is 25.5 Å². The molecule has 0 bridgehead atoms. The van der Waals surface area contributed by atoms with Gasteiger partial charge in [0.05, 0.1) is 11.7 Å². The van der Waals surface area contributed by atoms with E-state index in [1.807, 2.05) is 26.0 Å². The van der Waals surface area contributed by atoms with Crippen LogP contribution in [0.4, 0.5) is 0 Å². The van der Waals surface area contributed by atoms with Gasteiger partial charge in [-0.1, -0.05) is 18.9 Å². The highest BCUT2D eigenvalue weighted by Gasteiger charge is 2.24. The van der Waals surface area contributed by atoms with Gasteiger partial charge in [-0.2, -0.15) is 0 Å². The largest absolute Gasteiger partial charge is 0.459 e. The van der Waals surface area contributed by atoms with E-state index in [1.54, 1.807) is 0 Å². The number of aryl methyl sites for hydroxylation is 1. The Hall–Kier alpha value is -1.71. The Morgan fingerprint density at radius 2 is 2.00 bits per heavy atom. The van der Waals surface area contributed by atoms with Crippen LogP contribution >= 0.6 is 0 Å². The Balaban J connectivity index is 2.06. The van der Waals surface area contributed by atoms with Crippen LogP contribution in [0.2, 0.25) is 0 Å². The van der Waals surface area contributed by atoms with Crippen LogP contribution in [0, 0.1) is 0 Å². The molecule has 4 heteroatoms. The molecule has 1 heterocycles. The van der Waals surface area contributed by atoms with E-state index in [9.17, 15) is 4.79 Å². The molecule has 0 aliphatic heterocycles. The molecule has 1 saturated carbocycles. The minimum absolute atomic E-state index is 0.0904. The first-order valence-corrected chi connectivity index (χ1v) is 8.29. The van der Waals surface area contributed by atoms with Crippen LogP contribution < -0.4 is 5.59 Å². The SMILES string of the molecule is Bc1c(C2CCCC2)c2ccc(C(=O)OC(C)C)cc2n1C. The highest BCUT2D eigenvalue weighted by atomic mass is 16.5. The monoisotopic (exact) mass is 297 g/mol. The molecule has 3 nitrogen and oxygen atoms in total. The zero-order chi connectivity index (χ0) is 15.9. The Morgan fingerprint density at radius 3 is 2.64 bits per heavy atom. The first kappa shape index (κ1) is 15.2. The zero-order valence-electron chi connectivity index (χ0n) is 14.0. The van der Waals surface area contributed by atoms with Crippen molar-refractivity contribution >= 4 is 30.3 Å². The summed E-state index contributed by atoms with van der Waals surface area (Å²) >= 11 is 0. The van der Waals surface area contributed by atoms with E-state index in [0.29, 0.717) is 11.5 Å². The third-order valence-electron chi connectivity index (χ3n) is 4.88. The zero-order valence-corrected chi connectivity index (χ0v) is 14.0. The number of fused-ring (bicyclic) bond motifs is 1. The van der Waals surface area contributed by atoms with Crippen molar-refractivity contribution in [2.24, 2.45) is 7.05 Å². The predicted molar refractivity (Wildman–Crippen MR) is 92.9 cm³/mol. The number of hydrogen-bond acceptors (Lipinski definition) is 2. The third-order valence-corrected chi connectivity index (χ3v) is 4.88. The number of carbonyl (C=O) groups is 1. The first-order valence-electron chi connectivity index (χ1n) is 8.29. The number of rotatable bonds is 3. The number of carbonyl (C=O) groups excluding carboxylic acids is 1. The molecule has 0 atom stereocenters. The Bertz CT molecular complexity index is 711. The molecule has 116 valence electrons. The van der Waals surface area contributed by atoms with Crippen molar-refractivity contribution in [3.63, 3.8) is 0 Å². The van der Waals surface area contributed by atoms with Gasteiger partial charge >= 0.3 is 5.97 Å². The van der Waals surface area contributed by atoms with Crippen molar-refractivity contribution in [1.82, 2.24) is 4.57 Å². The molecule has 1 fully saturated rings. The molecule has 0 amide bonds. The van der Waals surface area contributed by atoms with Gasteiger partial charge in [-0.05, 0) is 55.9 Å². The quantitative estimate of drug-likeness (QED) is 0.644. The Kier molecular flexibility index (Phi) is 4.03. The van der Waals surface area contributed by atoms with Crippen LogP contribution in [0.25, 0.3) is 10.9 Å². The third kappa shape index (κ3) is 2.55. The van der Waals surface area contributed by atoms with Gasteiger partial charge in [-0.15, -0.1) is 0 Å². The van der Waals surface area contributed by atoms with Crippen LogP contribution in [0.3, 0.4) is 0 Å². The highest BCUT2D eigenvalue weighted by molar-refractivity contribution is 6.34. The standard InChI is InChI=1S/C18H24BNO2/c1-11(2)22-18(21)13-8-9-14-15(10-13)20(3)17(19)16(14)12-6-4-5-7-12/h8-12H,4-7,19H2,1-3H3. The van der Waals surface area contributed by atoms with E-state index in [-0.39, 0.29) is 12.1 Å². The second-order valence-corrected chi connectivity index (χ2v) is 6.73. The predicted octanol–water partition coefficient (Wildman–Crippen LogP) is 2.66. The molecule has 0 spiro atoms. The fraction of sp³-hybridized carbons (Fsp3) is 0.500. The molecule has 0 unspecified atom stereocenters. The van der Waals surface area contributed by atoms with Gasteiger partial charge in [-0.3, -0.25) is 0 Å². The van der Waals surface area contributed by atoms with Crippen LogP contribution in [0.5, 0.6) is 0 Å². The second kappa shape index (κ2) is 5.83. The van der Waals surface area contributed by atoms with Crippen LogP contribution in [0.1, 0.15) is 61.4 Å². The summed E-state index contributed by atoms with van der Waals surface area (Å²) in [6.07, 6.45) is 5.15. The van der Waals surface area contributed by atoms with Crippen molar-refractivity contribution < 1.29 is 9.53 Å². The number of benzene rings is 1. The smallest absolute Gasteiger partial charge is 0.338 e. The molecule has 1 aromatic carbocycles. The number of aromatic nitrogens is 1. The molecule has 3 rings (SSSR count). The maximum Gasteiger partial charge on any atom is 0.338 e. The lowest BCUT2D eigenvalue weighted by Gasteiger charge is -2.10. The summed E-state index contributed by atoms with van der Waals surface area (Å²) in [5.41, 5.74) is 4.59. The molecule has 22 heavy (non-hydrogen) atoms. The lowest BCUT2D eigenvalue weighted by Crippen LogP contribution is -2.18. The summed E-state index contributed by atoms with van der Waals surface area (Å²) in [6.45, 7) is 3.75. The van der Waals surface area contributed by atoms with E-state index in [1.165, 1.54) is 42.2 Å². The lowest BCUT2D eigenvalue weighted by atomic mass is 9.87. The summed E-state index contributed by atoms with van der Waals surface area (Å²) in [6, 6.07) is 5.99. The topological polar surface area (TPSA) is 31.2 Å². The minimum atomic E-state index is -0.238. The first-order chi connectivity index (χ1) is 10.5. The van der Waals surface area contributed by atoms with E-state index in [4.69, 9.17) is 4.74 Å². The van der Waals surface area contributed by atoms with Gasteiger partial charge in [0.2, 0.25) is 0 Å². The molecular formula is C18H24BNO2. The second-order valence-electron chi connectivity index (χ2n) is 6.73. The number of esters is 1. The fourth-order valence-electron chi connectivity index (χ4n) is 3.73. The van der Waals surface area contributed by atoms with E-state index < -0.39 is 0 Å². The van der Waals surface area contributed by atoms with Gasteiger partial charge in [0.1, 0.15) is 0 Å². The van der Waals surface area contributed by atoms with Crippen molar-refractivity contribution in [3.8, 4) is 0 Å². The summed E-state index contributed by atoms with van der Waals surface area (Å²) in [7, 11) is 4.29. The van der Waals surface area contributed by atoms with Gasteiger partial charge in [0.25, 0.3) is 0 Å². The molecule has 1 aliphatic carbocycles. The molecule has 2 aromatic rings. The summed E-state index contributed by atoms with van der Waals surface area (Å²) < 4.78 is 7.53. The molecule has 1 aliphatic rings. The average Bonchev–Trinajstić information content (AvgIpc) is 3.06. The van der Waals surface area contributed by atoms with E-state index in [0.717, 1.165) is 5.52 Å². The average molecular weight is 297 g/mol. The molecule has 0 N–H and O–H groups in total. The molecule has 0 radical (unpaired) electrons. The van der Waals surface area contributed by atoms with Crippen molar-refractivity contribution in [2.45, 2.75) is 51.6 Å². The van der Waals surface area contributed by atoms with Gasteiger partial charge in [0.15, 0.2) is 7.85 Å². The molecule has 1 aromatic heterocycles. The van der Waals surface area contributed by atoms with Gasteiger partial charge < -0.3 is 9.30 Å². The minimum Gasteiger partial charge on any atom is -0.459 e. The van der Waals surface area contributed by atoms with Crippen molar-refractivity contribution in [3.05, 3.63) is 29.3 Å². The lowest BCUT2D eigenvalue weighted by molar-refractivity contribution is 0.0378. The Labute approximate surface area is 133 Å². The van der Waals surface area contributed by atoms with Crippen molar-refractivity contribution in [1.29, 1.82) is 0 Å². The number of ether oxygens (including phenoxy) is 1. The van der Waals surface area contributed by atoms with Crippen LogP contribution in [-0.2, 0) is 11.8 Å². The van der Waals surface area contributed by atoms with Gasteiger partial charge in [-0.25, -0.2) is 4.79 Å². The fourth-order valence-corrected chi connectivity index (χ4v) is 3.73. The van der Waals surface area contributed by atoms with Crippen molar-refractivity contribution in [2.75, 3.05) is 0 Å². The normalized spacial score (nSPS) is 15.8. The molecular weight excluding hydrogens is 273 g/mol. The number of nitrogens with zero attached hydrogens (tertiary/aromatic N) is 1.